The molecule has 5 heteroatoms. The summed E-state index contributed by atoms with van der Waals surface area (Å²) in [5, 5.41) is 12.7. The van der Waals surface area contributed by atoms with E-state index in [0.29, 0.717) is 18.0 Å². The van der Waals surface area contributed by atoms with E-state index in [4.69, 9.17) is 11.6 Å². The molecule has 116 valence electrons. The van der Waals surface area contributed by atoms with Crippen molar-refractivity contribution in [2.24, 2.45) is 11.3 Å². The minimum atomic E-state index is -1.04. The van der Waals surface area contributed by atoms with Crippen molar-refractivity contribution in [2.75, 3.05) is 6.54 Å². The summed E-state index contributed by atoms with van der Waals surface area (Å²) >= 11 is 5.80. The van der Waals surface area contributed by atoms with Gasteiger partial charge in [-0.15, -0.1) is 0 Å². The van der Waals surface area contributed by atoms with Crippen LogP contribution in [-0.2, 0) is 16.0 Å². The lowest BCUT2D eigenvalue weighted by Crippen LogP contribution is -2.39. The van der Waals surface area contributed by atoms with E-state index in [9.17, 15) is 14.7 Å². The van der Waals surface area contributed by atoms with E-state index in [2.05, 4.69) is 5.32 Å². The predicted molar refractivity (Wildman–Crippen MR) is 83.4 cm³/mol. The highest BCUT2D eigenvalue weighted by Gasteiger charge is 2.38. The van der Waals surface area contributed by atoms with Crippen molar-refractivity contribution in [1.29, 1.82) is 0 Å². The summed E-state index contributed by atoms with van der Waals surface area (Å²) in [6.45, 7) is 5.72. The zero-order valence-electron chi connectivity index (χ0n) is 12.6. The van der Waals surface area contributed by atoms with Crippen LogP contribution in [0.2, 0.25) is 5.02 Å². The van der Waals surface area contributed by atoms with Crippen LogP contribution in [0, 0.1) is 11.3 Å². The number of benzene rings is 1. The topological polar surface area (TPSA) is 66.4 Å². The number of halogens is 1. The SMILES string of the molecule is CC(C)C(C)(CC(=O)NCCc1ccc(Cl)cc1)C(=O)O. The molecule has 0 aromatic heterocycles. The minimum absolute atomic E-state index is 0.0133. The van der Waals surface area contributed by atoms with Crippen LogP contribution in [-0.4, -0.2) is 23.5 Å². The molecule has 0 heterocycles. The molecule has 0 aliphatic carbocycles. The van der Waals surface area contributed by atoms with E-state index >= 15 is 0 Å². The van der Waals surface area contributed by atoms with Gasteiger partial charge in [0.2, 0.25) is 5.91 Å². The van der Waals surface area contributed by atoms with Crippen molar-refractivity contribution < 1.29 is 14.7 Å². The lowest BCUT2D eigenvalue weighted by molar-refractivity contribution is -0.153. The zero-order valence-corrected chi connectivity index (χ0v) is 13.4. The first-order valence-corrected chi connectivity index (χ1v) is 7.38. The lowest BCUT2D eigenvalue weighted by atomic mass is 9.76. The molecule has 0 aliphatic rings. The van der Waals surface area contributed by atoms with Crippen LogP contribution in [0.25, 0.3) is 0 Å². The summed E-state index contributed by atoms with van der Waals surface area (Å²) in [6.07, 6.45) is 0.676. The number of nitrogens with one attached hydrogen (secondary N) is 1. The van der Waals surface area contributed by atoms with Gasteiger partial charge in [0, 0.05) is 18.0 Å². The molecule has 21 heavy (non-hydrogen) atoms. The van der Waals surface area contributed by atoms with E-state index in [1.165, 1.54) is 0 Å². The maximum Gasteiger partial charge on any atom is 0.310 e. The Hall–Kier alpha value is -1.55. The maximum absolute atomic E-state index is 11.9. The lowest BCUT2D eigenvalue weighted by Gasteiger charge is -2.28. The van der Waals surface area contributed by atoms with Crippen LogP contribution in [0.1, 0.15) is 32.8 Å². The predicted octanol–water partition coefficient (Wildman–Crippen LogP) is 3.14. The van der Waals surface area contributed by atoms with Crippen LogP contribution in [0.5, 0.6) is 0 Å². The second-order valence-electron chi connectivity index (χ2n) is 5.78. The second-order valence-corrected chi connectivity index (χ2v) is 6.22. The molecule has 0 saturated carbocycles. The van der Waals surface area contributed by atoms with E-state index in [0.717, 1.165) is 5.56 Å². The van der Waals surface area contributed by atoms with Crippen molar-refractivity contribution >= 4 is 23.5 Å². The molecule has 0 spiro atoms. The number of carboxylic acid groups (broad SMARTS) is 1. The van der Waals surface area contributed by atoms with Gasteiger partial charge in [0.05, 0.1) is 5.41 Å². The van der Waals surface area contributed by atoms with Crippen LogP contribution in [0.3, 0.4) is 0 Å². The van der Waals surface area contributed by atoms with E-state index < -0.39 is 11.4 Å². The van der Waals surface area contributed by atoms with Gasteiger partial charge in [-0.1, -0.05) is 37.6 Å². The highest BCUT2D eigenvalue weighted by atomic mass is 35.5. The van der Waals surface area contributed by atoms with Crippen molar-refractivity contribution in [1.82, 2.24) is 5.32 Å². The molecule has 0 radical (unpaired) electrons. The molecule has 1 aromatic carbocycles. The number of hydrogen-bond donors (Lipinski definition) is 2. The molecule has 0 bridgehead atoms. The first-order chi connectivity index (χ1) is 9.75. The van der Waals surface area contributed by atoms with Gasteiger partial charge in [-0.2, -0.15) is 0 Å². The van der Waals surface area contributed by atoms with Crippen molar-refractivity contribution in [3.05, 3.63) is 34.9 Å². The molecule has 0 saturated heterocycles. The van der Waals surface area contributed by atoms with Gasteiger partial charge in [0.1, 0.15) is 0 Å². The molecule has 4 nitrogen and oxygen atoms in total. The number of aliphatic carboxylic acids is 1. The van der Waals surface area contributed by atoms with Crippen LogP contribution < -0.4 is 5.32 Å². The molecule has 1 atom stereocenters. The van der Waals surface area contributed by atoms with Gasteiger partial charge in [0.25, 0.3) is 0 Å². The fourth-order valence-corrected chi connectivity index (χ4v) is 2.05. The highest BCUT2D eigenvalue weighted by molar-refractivity contribution is 6.30. The number of carbonyl (C=O) groups excluding carboxylic acids is 1. The zero-order chi connectivity index (χ0) is 16.0. The third-order valence-corrected chi connectivity index (χ3v) is 4.19. The second kappa shape index (κ2) is 7.46. The minimum Gasteiger partial charge on any atom is -0.481 e. The quantitative estimate of drug-likeness (QED) is 0.813. The Kier molecular flexibility index (Phi) is 6.21. The summed E-state index contributed by atoms with van der Waals surface area (Å²) < 4.78 is 0. The molecule has 1 aromatic rings. The Morgan fingerprint density at radius 1 is 1.29 bits per heavy atom. The third-order valence-electron chi connectivity index (χ3n) is 3.94. The molecular formula is C16H22ClNO3. The number of rotatable bonds is 7. The number of hydrogen-bond acceptors (Lipinski definition) is 2. The number of carboxylic acids is 1. The summed E-state index contributed by atoms with van der Waals surface area (Å²) in [5.41, 5.74) is 0.0363. The van der Waals surface area contributed by atoms with Gasteiger partial charge in [0.15, 0.2) is 0 Å². The Morgan fingerprint density at radius 3 is 2.33 bits per heavy atom. The Labute approximate surface area is 130 Å². The summed E-state index contributed by atoms with van der Waals surface area (Å²) in [4.78, 5) is 23.2. The van der Waals surface area contributed by atoms with Crippen molar-refractivity contribution in [3.63, 3.8) is 0 Å². The third kappa shape index (κ3) is 5.05. The van der Waals surface area contributed by atoms with Crippen molar-refractivity contribution in [3.8, 4) is 0 Å². The van der Waals surface area contributed by atoms with E-state index in [1.54, 1.807) is 19.1 Å². The Balaban J connectivity index is 2.47. The fourth-order valence-electron chi connectivity index (χ4n) is 1.92. The van der Waals surface area contributed by atoms with E-state index in [-0.39, 0.29) is 18.2 Å². The van der Waals surface area contributed by atoms with Crippen molar-refractivity contribution in [2.45, 2.75) is 33.6 Å². The smallest absolute Gasteiger partial charge is 0.310 e. The monoisotopic (exact) mass is 311 g/mol. The summed E-state index contributed by atoms with van der Waals surface area (Å²) in [7, 11) is 0. The standard InChI is InChI=1S/C16H22ClNO3/c1-11(2)16(3,15(20)21)10-14(19)18-9-8-12-4-6-13(17)7-5-12/h4-7,11H,8-10H2,1-3H3,(H,18,19)(H,20,21). The van der Waals surface area contributed by atoms with Gasteiger partial charge < -0.3 is 10.4 Å². The molecule has 1 unspecified atom stereocenters. The Bertz CT molecular complexity index is 499. The largest absolute Gasteiger partial charge is 0.481 e. The van der Waals surface area contributed by atoms with Gasteiger partial charge in [-0.05, 0) is 37.0 Å². The Morgan fingerprint density at radius 2 is 1.86 bits per heavy atom. The summed E-state index contributed by atoms with van der Waals surface area (Å²) in [6, 6.07) is 7.42. The van der Waals surface area contributed by atoms with Crippen LogP contribution in [0.15, 0.2) is 24.3 Å². The van der Waals surface area contributed by atoms with Crippen LogP contribution >= 0.6 is 11.6 Å². The summed E-state index contributed by atoms with van der Waals surface area (Å²) in [5.74, 6) is -1.29. The van der Waals surface area contributed by atoms with Crippen LogP contribution in [0.4, 0.5) is 0 Å². The first kappa shape index (κ1) is 17.5. The van der Waals surface area contributed by atoms with Gasteiger partial charge in [-0.25, -0.2) is 0 Å². The molecular weight excluding hydrogens is 290 g/mol. The molecule has 0 fully saturated rings. The fraction of sp³-hybridized carbons (Fsp3) is 0.500. The van der Waals surface area contributed by atoms with Gasteiger partial charge in [-0.3, -0.25) is 9.59 Å². The number of amides is 1. The maximum atomic E-state index is 11.9. The molecule has 2 N–H and O–H groups in total. The van der Waals surface area contributed by atoms with E-state index in [1.807, 2.05) is 26.0 Å². The first-order valence-electron chi connectivity index (χ1n) is 7.00. The normalized spacial score (nSPS) is 13.8. The molecule has 1 amide bonds. The molecule has 1 rings (SSSR count). The molecule has 0 aliphatic heterocycles. The highest BCUT2D eigenvalue weighted by Crippen LogP contribution is 2.31. The van der Waals surface area contributed by atoms with Gasteiger partial charge >= 0.3 is 5.97 Å². The average molecular weight is 312 g/mol. The average Bonchev–Trinajstić information content (AvgIpc) is 2.40. The number of carbonyl (C=O) groups is 2.